The Hall–Kier alpha value is -1.59. The third kappa shape index (κ3) is 4.05. The summed E-state index contributed by atoms with van der Waals surface area (Å²) < 4.78 is 5.53. The number of likely N-dealkylation sites (N-methyl/N-ethyl adjacent to an activating group) is 1. The van der Waals surface area contributed by atoms with Crippen LogP contribution in [0.1, 0.15) is 11.6 Å². The molecule has 3 N–H and O–H groups in total. The molecule has 0 aliphatic heterocycles. The molecule has 1 aromatic carbocycles. The Bertz CT molecular complexity index is 380. The smallest absolute Gasteiger partial charge is 0.325 e. The summed E-state index contributed by atoms with van der Waals surface area (Å²) in [6, 6.07) is 5.89. The van der Waals surface area contributed by atoms with Gasteiger partial charge in [-0.1, -0.05) is 18.2 Å². The summed E-state index contributed by atoms with van der Waals surface area (Å²) in [5.41, 5.74) is 6.08. The van der Waals surface area contributed by atoms with Gasteiger partial charge in [-0.15, -0.1) is 0 Å². The van der Waals surface area contributed by atoms with E-state index in [0.29, 0.717) is 17.9 Å². The first-order valence-electron chi connectivity index (χ1n) is 5.37. The van der Waals surface area contributed by atoms with E-state index in [1.807, 2.05) is 19.0 Å². The van der Waals surface area contributed by atoms with Gasteiger partial charge in [0.25, 0.3) is 0 Å². The van der Waals surface area contributed by atoms with Gasteiger partial charge in [0.1, 0.15) is 18.4 Å². The number of carboxylic acids is 1. The number of aliphatic carboxylic acids is 1. The first kappa shape index (κ1) is 13.5. The number of ether oxygens (including phenoxy) is 1. The van der Waals surface area contributed by atoms with Crippen molar-refractivity contribution >= 4 is 5.97 Å². The lowest BCUT2D eigenvalue weighted by molar-refractivity contribution is -0.138. The summed E-state index contributed by atoms with van der Waals surface area (Å²) in [6.45, 7) is 1.26. The van der Waals surface area contributed by atoms with Gasteiger partial charge in [-0.05, 0) is 20.2 Å². The van der Waals surface area contributed by atoms with Crippen LogP contribution in [0.4, 0.5) is 0 Å². The van der Waals surface area contributed by atoms with Crippen molar-refractivity contribution in [2.45, 2.75) is 6.04 Å². The highest BCUT2D eigenvalue weighted by Gasteiger charge is 2.18. The van der Waals surface area contributed by atoms with Crippen LogP contribution in [0.3, 0.4) is 0 Å². The van der Waals surface area contributed by atoms with Crippen LogP contribution in [0.5, 0.6) is 5.75 Å². The molecular formula is C12H18N2O3. The third-order valence-corrected chi connectivity index (χ3v) is 2.32. The van der Waals surface area contributed by atoms with E-state index in [4.69, 9.17) is 15.6 Å². The van der Waals surface area contributed by atoms with Crippen LogP contribution in [-0.2, 0) is 4.79 Å². The Morgan fingerprint density at radius 1 is 1.47 bits per heavy atom. The minimum absolute atomic E-state index is 0.496. The summed E-state index contributed by atoms with van der Waals surface area (Å²) >= 11 is 0. The van der Waals surface area contributed by atoms with Crippen LogP contribution in [0.25, 0.3) is 0 Å². The quantitative estimate of drug-likeness (QED) is 0.763. The number of rotatable bonds is 6. The van der Waals surface area contributed by atoms with Crippen LogP contribution < -0.4 is 10.5 Å². The van der Waals surface area contributed by atoms with Crippen molar-refractivity contribution in [3.63, 3.8) is 0 Å². The number of hydrogen-bond acceptors (Lipinski definition) is 4. The topological polar surface area (TPSA) is 75.8 Å². The molecule has 0 fully saturated rings. The Balaban J connectivity index is 2.74. The van der Waals surface area contributed by atoms with E-state index in [-0.39, 0.29) is 0 Å². The fourth-order valence-electron chi connectivity index (χ4n) is 1.34. The van der Waals surface area contributed by atoms with Gasteiger partial charge >= 0.3 is 5.97 Å². The van der Waals surface area contributed by atoms with E-state index < -0.39 is 12.0 Å². The SMILES string of the molecule is CN(C)CCOc1ccccc1[C@H](N)C(=O)O. The zero-order valence-electron chi connectivity index (χ0n) is 10.1. The maximum atomic E-state index is 10.8. The van der Waals surface area contributed by atoms with E-state index in [1.165, 1.54) is 0 Å². The lowest BCUT2D eigenvalue weighted by Crippen LogP contribution is -2.23. The van der Waals surface area contributed by atoms with Gasteiger partial charge in [0, 0.05) is 12.1 Å². The first-order chi connectivity index (χ1) is 8.02. The summed E-state index contributed by atoms with van der Waals surface area (Å²) in [5.74, 6) is -0.530. The van der Waals surface area contributed by atoms with Crippen molar-refractivity contribution in [1.82, 2.24) is 4.90 Å². The van der Waals surface area contributed by atoms with Crippen LogP contribution in [-0.4, -0.2) is 43.2 Å². The first-order valence-corrected chi connectivity index (χ1v) is 5.37. The zero-order valence-corrected chi connectivity index (χ0v) is 10.1. The molecule has 0 spiro atoms. The van der Waals surface area contributed by atoms with Gasteiger partial charge in [-0.2, -0.15) is 0 Å². The predicted octanol–water partition coefficient (Wildman–Crippen LogP) is 0.711. The van der Waals surface area contributed by atoms with E-state index in [1.54, 1.807) is 24.3 Å². The summed E-state index contributed by atoms with van der Waals surface area (Å²) in [7, 11) is 3.89. The largest absolute Gasteiger partial charge is 0.492 e. The fraction of sp³-hybridized carbons (Fsp3) is 0.417. The van der Waals surface area contributed by atoms with Crippen LogP contribution >= 0.6 is 0 Å². The second kappa shape index (κ2) is 6.22. The molecule has 0 aliphatic rings. The highest BCUT2D eigenvalue weighted by atomic mass is 16.5. The molecule has 1 aromatic rings. The predicted molar refractivity (Wildman–Crippen MR) is 65.1 cm³/mol. The molecule has 17 heavy (non-hydrogen) atoms. The summed E-state index contributed by atoms with van der Waals surface area (Å²) in [5, 5.41) is 8.88. The summed E-state index contributed by atoms with van der Waals surface area (Å²) in [6.07, 6.45) is 0. The van der Waals surface area contributed by atoms with E-state index in [0.717, 1.165) is 6.54 Å². The van der Waals surface area contributed by atoms with Crippen LogP contribution in [0.15, 0.2) is 24.3 Å². The number of benzene rings is 1. The average molecular weight is 238 g/mol. The number of nitrogens with two attached hydrogens (primary N) is 1. The van der Waals surface area contributed by atoms with Crippen molar-refractivity contribution < 1.29 is 14.6 Å². The van der Waals surface area contributed by atoms with Gasteiger partial charge in [0.15, 0.2) is 0 Å². The van der Waals surface area contributed by atoms with Crippen molar-refractivity contribution in [2.75, 3.05) is 27.2 Å². The molecule has 1 atom stereocenters. The zero-order chi connectivity index (χ0) is 12.8. The number of carbonyl (C=O) groups is 1. The van der Waals surface area contributed by atoms with E-state index >= 15 is 0 Å². The molecule has 0 amide bonds. The van der Waals surface area contributed by atoms with E-state index in [2.05, 4.69) is 0 Å². The maximum absolute atomic E-state index is 10.8. The fourth-order valence-corrected chi connectivity index (χ4v) is 1.34. The van der Waals surface area contributed by atoms with Crippen LogP contribution in [0.2, 0.25) is 0 Å². The van der Waals surface area contributed by atoms with Gasteiger partial charge in [0.05, 0.1) is 0 Å². The Kier molecular flexibility index (Phi) is 4.93. The minimum atomic E-state index is -1.06. The van der Waals surface area contributed by atoms with Crippen molar-refractivity contribution in [1.29, 1.82) is 0 Å². The Labute approximate surface area is 101 Å². The molecule has 0 bridgehead atoms. The Morgan fingerprint density at radius 3 is 2.71 bits per heavy atom. The normalized spacial score (nSPS) is 12.5. The molecule has 94 valence electrons. The standard InChI is InChI=1S/C12H18N2O3/c1-14(2)7-8-17-10-6-4-3-5-9(10)11(13)12(15)16/h3-6,11H,7-8,13H2,1-2H3,(H,15,16)/t11-/m0/s1. The summed E-state index contributed by atoms with van der Waals surface area (Å²) in [4.78, 5) is 12.8. The Morgan fingerprint density at radius 2 is 2.12 bits per heavy atom. The van der Waals surface area contributed by atoms with Crippen LogP contribution in [0, 0.1) is 0 Å². The minimum Gasteiger partial charge on any atom is -0.492 e. The highest BCUT2D eigenvalue weighted by Crippen LogP contribution is 2.23. The molecule has 0 aromatic heterocycles. The maximum Gasteiger partial charge on any atom is 0.325 e. The highest BCUT2D eigenvalue weighted by molar-refractivity contribution is 5.76. The van der Waals surface area contributed by atoms with E-state index in [9.17, 15) is 4.79 Å². The van der Waals surface area contributed by atoms with Crippen molar-refractivity contribution in [2.24, 2.45) is 5.73 Å². The molecular weight excluding hydrogens is 220 g/mol. The molecule has 0 aliphatic carbocycles. The molecule has 1 rings (SSSR count). The lowest BCUT2D eigenvalue weighted by atomic mass is 10.1. The molecule has 0 unspecified atom stereocenters. The molecule has 0 radical (unpaired) electrons. The molecule has 0 heterocycles. The number of para-hydroxylation sites is 1. The van der Waals surface area contributed by atoms with Gasteiger partial charge in [-0.3, -0.25) is 4.79 Å². The number of nitrogens with zero attached hydrogens (tertiary/aromatic N) is 1. The van der Waals surface area contributed by atoms with Gasteiger partial charge in [-0.25, -0.2) is 0 Å². The number of hydrogen-bond donors (Lipinski definition) is 2. The monoisotopic (exact) mass is 238 g/mol. The molecule has 5 nitrogen and oxygen atoms in total. The lowest BCUT2D eigenvalue weighted by Gasteiger charge is -2.15. The second-order valence-electron chi connectivity index (χ2n) is 4.01. The number of carboxylic acid groups (broad SMARTS) is 1. The molecule has 0 saturated heterocycles. The van der Waals surface area contributed by atoms with Gasteiger partial charge < -0.3 is 20.5 Å². The van der Waals surface area contributed by atoms with Crippen molar-refractivity contribution in [3.8, 4) is 5.75 Å². The molecule has 5 heteroatoms. The molecule has 0 saturated carbocycles. The van der Waals surface area contributed by atoms with Gasteiger partial charge in [0.2, 0.25) is 0 Å². The third-order valence-electron chi connectivity index (χ3n) is 2.32. The average Bonchev–Trinajstić information content (AvgIpc) is 2.28. The van der Waals surface area contributed by atoms with Crippen molar-refractivity contribution in [3.05, 3.63) is 29.8 Å². The second-order valence-corrected chi connectivity index (χ2v) is 4.01.